The summed E-state index contributed by atoms with van der Waals surface area (Å²) in [7, 11) is 0. The number of nitrogen functional groups attached to an aromatic ring is 1. The summed E-state index contributed by atoms with van der Waals surface area (Å²) in [6.07, 6.45) is -1.60. The molecule has 2 unspecified atom stereocenters. The van der Waals surface area contributed by atoms with Gasteiger partial charge in [0.25, 0.3) is 0 Å². The Balaban J connectivity index is 2.87. The fraction of sp³-hybridized carbons (Fsp3) is 0.400. The third-order valence-electron chi connectivity index (χ3n) is 2.38. The summed E-state index contributed by atoms with van der Waals surface area (Å²) in [6.45, 7) is 1.07. The number of nitrogens with zero attached hydrogens (tertiary/aromatic N) is 2. The molecule has 1 amide bonds. The van der Waals surface area contributed by atoms with Crippen LogP contribution in [0.2, 0.25) is 0 Å². The van der Waals surface area contributed by atoms with Gasteiger partial charge in [-0.15, -0.1) is 0 Å². The Morgan fingerprint density at radius 3 is 2.79 bits per heavy atom. The third-order valence-corrected chi connectivity index (χ3v) is 2.38. The van der Waals surface area contributed by atoms with E-state index in [9.17, 15) is 25.1 Å². The molecule has 1 aromatic heterocycles. The van der Waals surface area contributed by atoms with Crippen molar-refractivity contribution < 1.29 is 19.9 Å². The zero-order valence-electron chi connectivity index (χ0n) is 10.1. The molecule has 1 rings (SSSR count). The monoisotopic (exact) mass is 270 g/mol. The van der Waals surface area contributed by atoms with Crippen molar-refractivity contribution in [2.75, 3.05) is 12.3 Å². The molecule has 104 valence electrons. The number of amides is 1. The van der Waals surface area contributed by atoms with Crippen LogP contribution < -0.4 is 11.1 Å². The summed E-state index contributed by atoms with van der Waals surface area (Å²) in [5, 5.41) is 32.4. The van der Waals surface area contributed by atoms with E-state index < -0.39 is 22.8 Å². The fourth-order valence-corrected chi connectivity index (χ4v) is 1.37. The molecule has 0 aromatic carbocycles. The lowest BCUT2D eigenvalue weighted by Crippen LogP contribution is -2.34. The SMILES string of the molecule is CC(=O)NCC(O)C(O)c1cnc(N)c([N+](=O)[O-])c1. The van der Waals surface area contributed by atoms with Gasteiger partial charge in [-0.05, 0) is 0 Å². The van der Waals surface area contributed by atoms with Gasteiger partial charge >= 0.3 is 5.69 Å². The lowest BCUT2D eigenvalue weighted by Gasteiger charge is -2.18. The molecular weight excluding hydrogens is 256 g/mol. The average molecular weight is 270 g/mol. The number of nitrogens with two attached hydrogens (primary N) is 1. The molecule has 0 spiro atoms. The van der Waals surface area contributed by atoms with Gasteiger partial charge in [-0.1, -0.05) is 0 Å². The molecule has 19 heavy (non-hydrogen) atoms. The van der Waals surface area contributed by atoms with Gasteiger partial charge in [0, 0.05) is 31.3 Å². The Morgan fingerprint density at radius 1 is 1.63 bits per heavy atom. The highest BCUT2D eigenvalue weighted by Gasteiger charge is 2.22. The van der Waals surface area contributed by atoms with Crippen LogP contribution in [-0.2, 0) is 4.79 Å². The molecule has 5 N–H and O–H groups in total. The molecule has 2 atom stereocenters. The Labute approximate surface area is 108 Å². The van der Waals surface area contributed by atoms with Crippen molar-refractivity contribution in [2.24, 2.45) is 0 Å². The molecule has 0 saturated carbocycles. The zero-order chi connectivity index (χ0) is 14.6. The number of nitro groups is 1. The first-order valence-electron chi connectivity index (χ1n) is 5.33. The molecule has 9 nitrogen and oxygen atoms in total. The van der Waals surface area contributed by atoms with E-state index in [2.05, 4.69) is 10.3 Å². The molecule has 0 fully saturated rings. The van der Waals surface area contributed by atoms with Crippen molar-refractivity contribution >= 4 is 17.4 Å². The smallest absolute Gasteiger partial charge is 0.311 e. The van der Waals surface area contributed by atoms with Gasteiger partial charge in [-0.25, -0.2) is 4.98 Å². The van der Waals surface area contributed by atoms with Gasteiger partial charge in [0.05, 0.1) is 4.92 Å². The van der Waals surface area contributed by atoms with Crippen LogP contribution in [0, 0.1) is 10.1 Å². The lowest BCUT2D eigenvalue weighted by atomic mass is 10.1. The predicted octanol–water partition coefficient (Wildman–Crippen LogP) is -0.898. The fourth-order valence-electron chi connectivity index (χ4n) is 1.37. The second-order valence-electron chi connectivity index (χ2n) is 3.88. The van der Waals surface area contributed by atoms with Gasteiger partial charge in [-0.2, -0.15) is 0 Å². The minimum atomic E-state index is -1.42. The maximum absolute atomic E-state index is 10.7. The van der Waals surface area contributed by atoms with Crippen LogP contribution in [0.5, 0.6) is 0 Å². The number of carbonyl (C=O) groups is 1. The van der Waals surface area contributed by atoms with Crippen molar-refractivity contribution in [3.63, 3.8) is 0 Å². The number of aromatic nitrogens is 1. The van der Waals surface area contributed by atoms with Crippen molar-refractivity contribution in [3.8, 4) is 0 Å². The molecule has 1 heterocycles. The second-order valence-corrected chi connectivity index (χ2v) is 3.88. The quantitative estimate of drug-likeness (QED) is 0.399. The molecule has 0 aliphatic heterocycles. The van der Waals surface area contributed by atoms with Crippen molar-refractivity contribution in [2.45, 2.75) is 19.1 Å². The second kappa shape index (κ2) is 6.07. The molecule has 0 saturated heterocycles. The Morgan fingerprint density at radius 2 is 2.26 bits per heavy atom. The van der Waals surface area contributed by atoms with Crippen LogP contribution >= 0.6 is 0 Å². The van der Waals surface area contributed by atoms with Gasteiger partial charge in [-0.3, -0.25) is 14.9 Å². The molecule has 0 aliphatic carbocycles. The Kier molecular flexibility index (Phi) is 4.73. The normalized spacial score (nSPS) is 13.6. The predicted molar refractivity (Wildman–Crippen MR) is 65.0 cm³/mol. The third kappa shape index (κ3) is 3.86. The maximum atomic E-state index is 10.7. The van der Waals surface area contributed by atoms with Crippen LogP contribution in [0.15, 0.2) is 12.3 Å². The molecule has 1 aromatic rings. The van der Waals surface area contributed by atoms with E-state index >= 15 is 0 Å². The lowest BCUT2D eigenvalue weighted by molar-refractivity contribution is -0.384. The summed E-state index contributed by atoms with van der Waals surface area (Å²) in [4.78, 5) is 24.2. The first-order valence-corrected chi connectivity index (χ1v) is 5.33. The Hall–Kier alpha value is -2.26. The molecule has 9 heteroatoms. The summed E-state index contributed by atoms with van der Waals surface area (Å²) in [5.41, 5.74) is 4.90. The summed E-state index contributed by atoms with van der Waals surface area (Å²) >= 11 is 0. The number of rotatable bonds is 5. The number of pyridine rings is 1. The molecule has 0 radical (unpaired) electrons. The van der Waals surface area contributed by atoms with E-state index in [-0.39, 0.29) is 23.8 Å². The van der Waals surface area contributed by atoms with Crippen molar-refractivity contribution in [3.05, 3.63) is 27.9 Å². The number of hydrogen-bond acceptors (Lipinski definition) is 7. The minimum Gasteiger partial charge on any atom is -0.388 e. The van der Waals surface area contributed by atoms with E-state index in [0.717, 1.165) is 12.3 Å². The minimum absolute atomic E-state index is 0.0405. The first-order chi connectivity index (χ1) is 8.82. The van der Waals surface area contributed by atoms with Crippen LogP contribution in [-0.4, -0.2) is 38.7 Å². The van der Waals surface area contributed by atoms with Gasteiger partial charge in [0.2, 0.25) is 11.7 Å². The maximum Gasteiger partial charge on any atom is 0.311 e. The van der Waals surface area contributed by atoms with Gasteiger partial charge < -0.3 is 21.3 Å². The standard InChI is InChI=1S/C10H14N4O5/c1-5(15)12-4-8(16)9(17)6-2-7(14(18)19)10(11)13-3-6/h2-3,8-9,16-17H,4H2,1H3,(H2,11,13)(H,12,15). The van der Waals surface area contributed by atoms with E-state index in [1.165, 1.54) is 6.92 Å². The van der Waals surface area contributed by atoms with Gasteiger partial charge in [0.1, 0.15) is 12.2 Å². The number of aliphatic hydroxyl groups is 2. The van der Waals surface area contributed by atoms with E-state index in [1.807, 2.05) is 0 Å². The topological polar surface area (TPSA) is 152 Å². The summed E-state index contributed by atoms with van der Waals surface area (Å²) < 4.78 is 0. The molecule has 0 aliphatic rings. The van der Waals surface area contributed by atoms with E-state index in [4.69, 9.17) is 5.73 Å². The van der Waals surface area contributed by atoms with Gasteiger partial charge in [0.15, 0.2) is 0 Å². The van der Waals surface area contributed by atoms with Crippen LogP contribution in [0.25, 0.3) is 0 Å². The van der Waals surface area contributed by atoms with E-state index in [1.54, 1.807) is 0 Å². The number of carbonyl (C=O) groups excluding carboxylic acids is 1. The summed E-state index contributed by atoms with van der Waals surface area (Å²) in [5.74, 6) is -0.648. The van der Waals surface area contributed by atoms with Crippen molar-refractivity contribution in [1.29, 1.82) is 0 Å². The van der Waals surface area contributed by atoms with Crippen LogP contribution in [0.4, 0.5) is 11.5 Å². The first kappa shape index (κ1) is 14.8. The Bertz CT molecular complexity index is 493. The average Bonchev–Trinajstić information content (AvgIpc) is 2.35. The summed E-state index contributed by atoms with van der Waals surface area (Å²) in [6, 6.07) is 1.03. The highest BCUT2D eigenvalue weighted by atomic mass is 16.6. The number of anilines is 1. The van der Waals surface area contributed by atoms with Crippen molar-refractivity contribution in [1.82, 2.24) is 10.3 Å². The van der Waals surface area contributed by atoms with Crippen LogP contribution in [0.3, 0.4) is 0 Å². The molecule has 0 bridgehead atoms. The number of hydrogen-bond donors (Lipinski definition) is 4. The number of nitrogens with one attached hydrogen (secondary N) is 1. The largest absolute Gasteiger partial charge is 0.388 e. The van der Waals surface area contributed by atoms with Crippen LogP contribution in [0.1, 0.15) is 18.6 Å². The number of aliphatic hydroxyl groups excluding tert-OH is 2. The molecular formula is C10H14N4O5. The van der Waals surface area contributed by atoms with E-state index in [0.29, 0.717) is 0 Å². The highest BCUT2D eigenvalue weighted by Crippen LogP contribution is 2.24. The zero-order valence-corrected chi connectivity index (χ0v) is 10.1. The highest BCUT2D eigenvalue weighted by molar-refractivity contribution is 5.72.